The molecule has 4 heteroatoms. The minimum absolute atomic E-state index is 0.164. The van der Waals surface area contributed by atoms with Crippen molar-refractivity contribution in [1.29, 1.82) is 0 Å². The maximum absolute atomic E-state index is 13.0. The summed E-state index contributed by atoms with van der Waals surface area (Å²) in [4.78, 5) is 4.18. The zero-order valence-electron chi connectivity index (χ0n) is 12.2. The molecular weight excluding hydrogens is 253 g/mol. The summed E-state index contributed by atoms with van der Waals surface area (Å²) < 4.78 is 15.2. The van der Waals surface area contributed by atoms with Crippen molar-refractivity contribution in [2.45, 2.75) is 39.8 Å². The second-order valence-corrected chi connectivity index (χ2v) is 5.08. The van der Waals surface area contributed by atoms with Crippen molar-refractivity contribution in [3.63, 3.8) is 0 Å². The summed E-state index contributed by atoms with van der Waals surface area (Å²) in [5.41, 5.74) is 3.42. The molecule has 0 atom stereocenters. The van der Waals surface area contributed by atoms with Crippen molar-refractivity contribution < 1.29 is 4.39 Å². The minimum Gasteiger partial charge on any atom is -0.333 e. The molecule has 0 spiro atoms. The first-order chi connectivity index (χ1) is 9.70. The first kappa shape index (κ1) is 14.7. The predicted molar refractivity (Wildman–Crippen MR) is 79.1 cm³/mol. The van der Waals surface area contributed by atoms with E-state index in [0.29, 0.717) is 0 Å². The van der Waals surface area contributed by atoms with Crippen LogP contribution in [0, 0.1) is 12.7 Å². The fourth-order valence-corrected chi connectivity index (χ4v) is 2.32. The zero-order chi connectivity index (χ0) is 14.4. The van der Waals surface area contributed by atoms with Crippen LogP contribution in [0.1, 0.15) is 30.2 Å². The molecule has 0 amide bonds. The van der Waals surface area contributed by atoms with E-state index >= 15 is 0 Å². The van der Waals surface area contributed by atoms with Gasteiger partial charge in [0, 0.05) is 19.3 Å². The third-order valence-electron chi connectivity index (χ3n) is 3.44. The topological polar surface area (TPSA) is 29.9 Å². The van der Waals surface area contributed by atoms with Gasteiger partial charge in [-0.05, 0) is 49.6 Å². The molecule has 1 aromatic carbocycles. The van der Waals surface area contributed by atoms with Gasteiger partial charge in [0.25, 0.3) is 0 Å². The second-order valence-electron chi connectivity index (χ2n) is 5.08. The number of imidazole rings is 1. The lowest BCUT2D eigenvalue weighted by Crippen LogP contribution is -2.19. The average Bonchev–Trinajstić information content (AvgIpc) is 2.85. The van der Waals surface area contributed by atoms with Gasteiger partial charge in [0.15, 0.2) is 0 Å². The zero-order valence-corrected chi connectivity index (χ0v) is 12.2. The number of hydrogen-bond donors (Lipinski definition) is 1. The fraction of sp³-hybridized carbons (Fsp3) is 0.438. The molecule has 3 nitrogen and oxygen atoms in total. The maximum atomic E-state index is 13.0. The molecule has 0 saturated carbocycles. The standard InChI is InChI=1S/C16H22FN3/c1-3-8-20-12-19-11-16(20)10-18-7-6-14-4-5-15(17)9-13(14)2/h4-5,9,11-12,18H,3,6-8,10H2,1-2H3. The molecule has 2 aromatic rings. The number of benzene rings is 1. The third-order valence-corrected chi connectivity index (χ3v) is 3.44. The third kappa shape index (κ3) is 3.90. The highest BCUT2D eigenvalue weighted by atomic mass is 19.1. The van der Waals surface area contributed by atoms with Gasteiger partial charge in [-0.25, -0.2) is 9.37 Å². The Labute approximate surface area is 119 Å². The predicted octanol–water partition coefficient (Wildman–Crippen LogP) is 3.07. The molecule has 2 rings (SSSR count). The van der Waals surface area contributed by atoms with Crippen LogP contribution in [-0.2, 0) is 19.5 Å². The Balaban J connectivity index is 1.80. The summed E-state index contributed by atoms with van der Waals surface area (Å²) in [6, 6.07) is 4.98. The largest absolute Gasteiger partial charge is 0.333 e. The minimum atomic E-state index is -0.164. The van der Waals surface area contributed by atoms with Gasteiger partial charge in [-0.2, -0.15) is 0 Å². The van der Waals surface area contributed by atoms with Crippen LogP contribution in [0.5, 0.6) is 0 Å². The average molecular weight is 275 g/mol. The van der Waals surface area contributed by atoms with Crippen LogP contribution in [0.25, 0.3) is 0 Å². The van der Waals surface area contributed by atoms with Crippen molar-refractivity contribution >= 4 is 0 Å². The van der Waals surface area contributed by atoms with Crippen molar-refractivity contribution in [2.24, 2.45) is 0 Å². The molecule has 108 valence electrons. The van der Waals surface area contributed by atoms with Crippen molar-refractivity contribution in [3.05, 3.63) is 53.4 Å². The molecule has 0 aliphatic heterocycles. The molecule has 0 radical (unpaired) electrons. The number of hydrogen-bond acceptors (Lipinski definition) is 2. The van der Waals surface area contributed by atoms with E-state index in [1.54, 1.807) is 6.07 Å². The molecule has 1 heterocycles. The highest BCUT2D eigenvalue weighted by Crippen LogP contribution is 2.10. The molecule has 0 unspecified atom stereocenters. The Morgan fingerprint density at radius 1 is 1.35 bits per heavy atom. The first-order valence-electron chi connectivity index (χ1n) is 7.15. The van der Waals surface area contributed by atoms with E-state index < -0.39 is 0 Å². The second kappa shape index (κ2) is 7.20. The summed E-state index contributed by atoms with van der Waals surface area (Å²) in [6.45, 7) is 6.82. The Kier molecular flexibility index (Phi) is 5.30. The van der Waals surface area contributed by atoms with Crippen LogP contribution in [0.15, 0.2) is 30.7 Å². The van der Waals surface area contributed by atoms with Gasteiger partial charge in [-0.1, -0.05) is 13.0 Å². The van der Waals surface area contributed by atoms with Crippen LogP contribution >= 0.6 is 0 Å². The Morgan fingerprint density at radius 3 is 2.95 bits per heavy atom. The molecule has 0 fully saturated rings. The number of nitrogens with one attached hydrogen (secondary N) is 1. The molecule has 0 aliphatic carbocycles. The SMILES string of the molecule is CCCn1cncc1CNCCc1ccc(F)cc1C. The van der Waals surface area contributed by atoms with Gasteiger partial charge in [0.05, 0.1) is 12.0 Å². The molecule has 1 N–H and O–H groups in total. The Hall–Kier alpha value is -1.68. The summed E-state index contributed by atoms with van der Waals surface area (Å²) >= 11 is 0. The number of halogens is 1. The van der Waals surface area contributed by atoms with E-state index in [-0.39, 0.29) is 5.82 Å². The van der Waals surface area contributed by atoms with Gasteiger partial charge >= 0.3 is 0 Å². The van der Waals surface area contributed by atoms with E-state index in [2.05, 4.69) is 21.8 Å². The molecule has 0 bridgehead atoms. The normalized spacial score (nSPS) is 10.9. The van der Waals surface area contributed by atoms with E-state index in [1.807, 2.05) is 25.5 Å². The van der Waals surface area contributed by atoms with E-state index in [4.69, 9.17) is 0 Å². The highest BCUT2D eigenvalue weighted by molar-refractivity contribution is 5.26. The first-order valence-corrected chi connectivity index (χ1v) is 7.15. The summed E-state index contributed by atoms with van der Waals surface area (Å²) in [5.74, 6) is -0.164. The van der Waals surface area contributed by atoms with Gasteiger partial charge in [-0.15, -0.1) is 0 Å². The van der Waals surface area contributed by atoms with Crippen LogP contribution in [-0.4, -0.2) is 16.1 Å². The fourth-order valence-electron chi connectivity index (χ4n) is 2.32. The van der Waals surface area contributed by atoms with Gasteiger partial charge in [-0.3, -0.25) is 0 Å². The number of aromatic nitrogens is 2. The lowest BCUT2D eigenvalue weighted by Gasteiger charge is -2.09. The highest BCUT2D eigenvalue weighted by Gasteiger charge is 2.02. The van der Waals surface area contributed by atoms with Crippen molar-refractivity contribution in [3.8, 4) is 0 Å². The van der Waals surface area contributed by atoms with E-state index in [1.165, 1.54) is 17.3 Å². The van der Waals surface area contributed by atoms with Gasteiger partial charge in [0.2, 0.25) is 0 Å². The van der Waals surface area contributed by atoms with E-state index in [9.17, 15) is 4.39 Å². The lowest BCUT2D eigenvalue weighted by molar-refractivity contribution is 0.600. The number of aryl methyl sites for hydroxylation is 2. The number of nitrogens with zero attached hydrogens (tertiary/aromatic N) is 2. The van der Waals surface area contributed by atoms with Crippen molar-refractivity contribution in [2.75, 3.05) is 6.54 Å². The van der Waals surface area contributed by atoms with Crippen LogP contribution in [0.4, 0.5) is 4.39 Å². The van der Waals surface area contributed by atoms with Gasteiger partial charge < -0.3 is 9.88 Å². The van der Waals surface area contributed by atoms with Crippen LogP contribution in [0.2, 0.25) is 0 Å². The lowest BCUT2D eigenvalue weighted by atomic mass is 10.1. The van der Waals surface area contributed by atoms with Crippen molar-refractivity contribution in [1.82, 2.24) is 14.9 Å². The monoisotopic (exact) mass is 275 g/mol. The smallest absolute Gasteiger partial charge is 0.123 e. The van der Waals surface area contributed by atoms with Crippen LogP contribution in [0.3, 0.4) is 0 Å². The Morgan fingerprint density at radius 2 is 2.20 bits per heavy atom. The summed E-state index contributed by atoms with van der Waals surface area (Å²) in [5, 5.41) is 3.42. The Bertz CT molecular complexity index is 548. The molecule has 0 saturated heterocycles. The quantitative estimate of drug-likeness (QED) is 0.787. The van der Waals surface area contributed by atoms with Gasteiger partial charge in [0.1, 0.15) is 5.82 Å². The molecular formula is C16H22FN3. The maximum Gasteiger partial charge on any atom is 0.123 e. The van der Waals surface area contributed by atoms with Crippen LogP contribution < -0.4 is 5.32 Å². The summed E-state index contributed by atoms with van der Waals surface area (Å²) in [7, 11) is 0. The molecule has 20 heavy (non-hydrogen) atoms. The summed E-state index contributed by atoms with van der Waals surface area (Å²) in [6.07, 6.45) is 5.81. The number of rotatable bonds is 7. The van der Waals surface area contributed by atoms with E-state index in [0.717, 1.165) is 38.0 Å². The molecule has 1 aromatic heterocycles. The molecule has 0 aliphatic rings.